The van der Waals surface area contributed by atoms with Gasteiger partial charge < -0.3 is 10.7 Å². The summed E-state index contributed by atoms with van der Waals surface area (Å²) in [4.78, 5) is 19.2. The van der Waals surface area contributed by atoms with Gasteiger partial charge in [-0.2, -0.15) is 0 Å². The van der Waals surface area contributed by atoms with Gasteiger partial charge in [0.2, 0.25) is 0 Å². The van der Waals surface area contributed by atoms with Crippen molar-refractivity contribution in [2.24, 2.45) is 0 Å². The Kier molecular flexibility index (Phi) is 2.52. The van der Waals surface area contributed by atoms with Crippen LogP contribution in [0.3, 0.4) is 0 Å². The average molecular weight is 255 g/mol. The quantitative estimate of drug-likeness (QED) is 0.691. The second-order valence-electron chi connectivity index (χ2n) is 4.16. The molecule has 4 nitrogen and oxygen atoms in total. The highest BCUT2D eigenvalue weighted by atomic mass is 19.1. The molecule has 0 aliphatic heterocycles. The van der Waals surface area contributed by atoms with Crippen molar-refractivity contribution in [3.05, 3.63) is 59.7 Å². The number of nitrogens with one attached hydrogen (secondary N) is 1. The summed E-state index contributed by atoms with van der Waals surface area (Å²) in [5.74, 6) is -0.401. The smallest absolute Gasteiger partial charge is 0.198 e. The van der Waals surface area contributed by atoms with Crippen molar-refractivity contribution in [3.63, 3.8) is 0 Å². The lowest BCUT2D eigenvalue weighted by Crippen LogP contribution is -2.06. The Bertz CT molecular complexity index is 779. The largest absolute Gasteiger partial charge is 0.383 e. The van der Waals surface area contributed by atoms with Gasteiger partial charge in [-0.25, -0.2) is 9.37 Å². The third kappa shape index (κ3) is 1.85. The van der Waals surface area contributed by atoms with Crippen LogP contribution in [0.2, 0.25) is 0 Å². The Hall–Kier alpha value is -2.69. The molecule has 0 aliphatic carbocycles. The zero-order valence-electron chi connectivity index (χ0n) is 9.85. The van der Waals surface area contributed by atoms with Crippen molar-refractivity contribution in [3.8, 4) is 0 Å². The molecule has 1 aromatic carbocycles. The summed E-state index contributed by atoms with van der Waals surface area (Å²) >= 11 is 0. The maximum Gasteiger partial charge on any atom is 0.198 e. The average Bonchev–Trinajstić information content (AvgIpc) is 2.81. The van der Waals surface area contributed by atoms with Crippen molar-refractivity contribution in [2.75, 3.05) is 5.73 Å². The van der Waals surface area contributed by atoms with E-state index in [1.165, 1.54) is 18.3 Å². The number of carbonyl (C=O) groups is 1. The van der Waals surface area contributed by atoms with E-state index in [1.54, 1.807) is 24.4 Å². The van der Waals surface area contributed by atoms with Crippen molar-refractivity contribution < 1.29 is 9.18 Å². The van der Waals surface area contributed by atoms with Gasteiger partial charge in [0.05, 0.1) is 5.56 Å². The van der Waals surface area contributed by atoms with Crippen LogP contribution in [-0.4, -0.2) is 15.8 Å². The Morgan fingerprint density at radius 2 is 2.11 bits per heavy atom. The fourth-order valence-electron chi connectivity index (χ4n) is 2.04. The molecule has 2 heterocycles. The van der Waals surface area contributed by atoms with Crippen LogP contribution >= 0.6 is 0 Å². The number of ketones is 1. The van der Waals surface area contributed by atoms with Gasteiger partial charge in [-0.15, -0.1) is 0 Å². The van der Waals surface area contributed by atoms with Crippen molar-refractivity contribution in [2.45, 2.75) is 0 Å². The Labute approximate surface area is 108 Å². The van der Waals surface area contributed by atoms with Gasteiger partial charge in [-0.3, -0.25) is 4.79 Å². The lowest BCUT2D eigenvalue weighted by atomic mass is 10.0. The summed E-state index contributed by atoms with van der Waals surface area (Å²) in [7, 11) is 0. The molecular formula is C14H10FN3O. The molecule has 0 atom stereocenters. The molecule has 0 aliphatic rings. The third-order valence-electron chi connectivity index (χ3n) is 2.97. The van der Waals surface area contributed by atoms with Crippen LogP contribution in [0.5, 0.6) is 0 Å². The second kappa shape index (κ2) is 4.20. The van der Waals surface area contributed by atoms with Crippen LogP contribution < -0.4 is 5.73 Å². The summed E-state index contributed by atoms with van der Waals surface area (Å²) < 4.78 is 13.1. The van der Waals surface area contributed by atoms with E-state index < -0.39 is 0 Å². The van der Waals surface area contributed by atoms with Crippen molar-refractivity contribution in [1.82, 2.24) is 9.97 Å². The summed E-state index contributed by atoms with van der Waals surface area (Å²) in [6.45, 7) is 0. The van der Waals surface area contributed by atoms with Gasteiger partial charge in [0.25, 0.3) is 0 Å². The van der Waals surface area contributed by atoms with Crippen LogP contribution in [0.25, 0.3) is 10.9 Å². The predicted octanol–water partition coefficient (Wildman–Crippen LogP) is 2.52. The maximum absolute atomic E-state index is 13.1. The fraction of sp³-hybridized carbons (Fsp3) is 0. The fourth-order valence-corrected chi connectivity index (χ4v) is 2.04. The third-order valence-corrected chi connectivity index (χ3v) is 2.97. The Morgan fingerprint density at radius 1 is 1.26 bits per heavy atom. The molecule has 3 aromatic rings. The number of nitrogens with zero attached hydrogens (tertiary/aromatic N) is 1. The highest BCUT2D eigenvalue weighted by Gasteiger charge is 2.16. The molecule has 0 spiro atoms. The molecule has 3 N–H and O–H groups in total. The van der Waals surface area contributed by atoms with Crippen LogP contribution in [-0.2, 0) is 0 Å². The number of nitrogen functional groups attached to an aromatic ring is 1. The minimum atomic E-state index is -0.353. The van der Waals surface area contributed by atoms with Crippen LogP contribution in [0.4, 0.5) is 10.2 Å². The molecule has 0 unspecified atom stereocenters. The monoisotopic (exact) mass is 255 g/mol. The van der Waals surface area contributed by atoms with E-state index >= 15 is 0 Å². The second-order valence-corrected chi connectivity index (χ2v) is 4.16. The van der Waals surface area contributed by atoms with Gasteiger partial charge in [-0.05, 0) is 30.3 Å². The van der Waals surface area contributed by atoms with Crippen LogP contribution in [0.1, 0.15) is 15.9 Å². The molecule has 2 aromatic heterocycles. The highest BCUT2D eigenvalue weighted by Crippen LogP contribution is 2.23. The van der Waals surface area contributed by atoms with E-state index in [-0.39, 0.29) is 17.4 Å². The van der Waals surface area contributed by atoms with Gasteiger partial charge in [0, 0.05) is 28.9 Å². The minimum absolute atomic E-state index is 0.184. The number of fused-ring (bicyclic) bond motifs is 1. The molecule has 94 valence electrons. The van der Waals surface area contributed by atoms with Crippen molar-refractivity contribution in [1.29, 1.82) is 0 Å². The number of halogens is 1. The first kappa shape index (κ1) is 11.4. The van der Waals surface area contributed by atoms with Crippen LogP contribution in [0.15, 0.2) is 42.7 Å². The molecular weight excluding hydrogens is 245 g/mol. The summed E-state index contributed by atoms with van der Waals surface area (Å²) in [6.07, 6.45) is 3.08. The first-order chi connectivity index (χ1) is 9.16. The molecule has 0 bridgehead atoms. The SMILES string of the molecule is Nc1ncccc1C(=O)c1c[nH]c2cc(F)ccc12. The van der Waals surface area contributed by atoms with Gasteiger partial charge >= 0.3 is 0 Å². The van der Waals surface area contributed by atoms with E-state index in [0.29, 0.717) is 22.0 Å². The van der Waals surface area contributed by atoms with Crippen LogP contribution in [0, 0.1) is 5.82 Å². The van der Waals surface area contributed by atoms with E-state index in [9.17, 15) is 9.18 Å². The minimum Gasteiger partial charge on any atom is -0.383 e. The molecule has 5 heteroatoms. The zero-order chi connectivity index (χ0) is 13.4. The normalized spacial score (nSPS) is 10.8. The first-order valence-electron chi connectivity index (χ1n) is 5.68. The number of hydrogen-bond acceptors (Lipinski definition) is 3. The molecule has 3 rings (SSSR count). The van der Waals surface area contributed by atoms with Gasteiger partial charge in [-0.1, -0.05) is 0 Å². The number of aromatic amines is 1. The molecule has 0 amide bonds. The standard InChI is InChI=1S/C14H10FN3O/c15-8-3-4-9-11(7-18-12(9)6-8)13(19)10-2-1-5-17-14(10)16/h1-7,18H,(H2,16,17). The van der Waals surface area contributed by atoms with Crippen molar-refractivity contribution >= 4 is 22.5 Å². The number of nitrogens with two attached hydrogens (primary N) is 1. The zero-order valence-corrected chi connectivity index (χ0v) is 9.85. The number of hydrogen-bond donors (Lipinski definition) is 2. The molecule has 0 saturated heterocycles. The Morgan fingerprint density at radius 3 is 2.89 bits per heavy atom. The van der Waals surface area contributed by atoms with E-state index in [2.05, 4.69) is 9.97 Å². The van der Waals surface area contributed by atoms with E-state index in [0.717, 1.165) is 0 Å². The topological polar surface area (TPSA) is 71.8 Å². The lowest BCUT2D eigenvalue weighted by molar-refractivity contribution is 0.104. The molecule has 0 saturated carbocycles. The highest BCUT2D eigenvalue weighted by molar-refractivity contribution is 6.18. The summed E-state index contributed by atoms with van der Waals surface area (Å²) in [5.41, 5.74) is 7.06. The number of aromatic nitrogens is 2. The van der Waals surface area contributed by atoms with E-state index in [4.69, 9.17) is 5.73 Å². The molecule has 19 heavy (non-hydrogen) atoms. The number of benzene rings is 1. The first-order valence-corrected chi connectivity index (χ1v) is 5.68. The van der Waals surface area contributed by atoms with Gasteiger partial charge in [0.1, 0.15) is 11.6 Å². The number of rotatable bonds is 2. The number of anilines is 1. The maximum atomic E-state index is 13.1. The lowest BCUT2D eigenvalue weighted by Gasteiger charge is -2.02. The number of carbonyl (C=O) groups excluding carboxylic acids is 1. The summed E-state index contributed by atoms with van der Waals surface area (Å²) in [5, 5.41) is 0.662. The molecule has 0 radical (unpaired) electrons. The number of pyridine rings is 1. The Balaban J connectivity index is 2.15. The van der Waals surface area contributed by atoms with Gasteiger partial charge in [0.15, 0.2) is 5.78 Å². The molecule has 0 fully saturated rings. The predicted molar refractivity (Wildman–Crippen MR) is 70.3 cm³/mol. The summed E-state index contributed by atoms with van der Waals surface area (Å²) in [6, 6.07) is 7.50. The number of H-pyrrole nitrogens is 1. The van der Waals surface area contributed by atoms with E-state index in [1.807, 2.05) is 0 Å².